The maximum atomic E-state index is 13.5. The topological polar surface area (TPSA) is 64.1 Å². The molecule has 1 aliphatic heterocycles. The lowest BCUT2D eigenvalue weighted by atomic mass is 9.61. The molecule has 0 aromatic heterocycles. The summed E-state index contributed by atoms with van der Waals surface area (Å²) in [6.45, 7) is 10.9. The fraction of sp³-hybridized carbons (Fsp3) is 0.613. The molecule has 2 aliphatic carbocycles. The molecule has 1 unspecified atom stereocenters. The van der Waals surface area contributed by atoms with Gasteiger partial charge in [-0.25, -0.2) is 8.42 Å². The first-order valence-corrected chi connectivity index (χ1v) is 15.9. The van der Waals surface area contributed by atoms with E-state index in [0.717, 1.165) is 64.7 Å². The minimum absolute atomic E-state index is 0.0338. The molecule has 2 fully saturated rings. The Balaban J connectivity index is 1.28. The highest BCUT2D eigenvalue weighted by Gasteiger charge is 2.46. The molecule has 1 saturated heterocycles. The predicted molar refractivity (Wildman–Crippen MR) is 153 cm³/mol. The number of benzene rings is 2. The Morgan fingerprint density at radius 3 is 2.32 bits per heavy atom. The summed E-state index contributed by atoms with van der Waals surface area (Å²) in [5.74, 6) is 0.811. The summed E-state index contributed by atoms with van der Waals surface area (Å²) < 4.78 is 29.0. The van der Waals surface area contributed by atoms with Crippen LogP contribution in [-0.4, -0.2) is 79.0 Å². The van der Waals surface area contributed by atoms with Crippen LogP contribution in [-0.2, 0) is 21.9 Å². The first-order chi connectivity index (χ1) is 18.1. The van der Waals surface area contributed by atoms with Crippen molar-refractivity contribution in [1.82, 2.24) is 14.1 Å². The fourth-order valence-corrected chi connectivity index (χ4v) is 8.95. The number of phenols is 1. The predicted octanol–water partition coefficient (Wildman–Crippen LogP) is 4.87. The second kappa shape index (κ2) is 10.9. The van der Waals surface area contributed by atoms with Crippen molar-refractivity contribution in [2.75, 3.05) is 33.2 Å². The number of phenolic OH excluding ortho intramolecular Hbond substituents is 1. The second-order valence-electron chi connectivity index (χ2n) is 12.1. The van der Waals surface area contributed by atoms with Crippen LogP contribution in [0.1, 0.15) is 64.0 Å². The third-order valence-corrected chi connectivity index (χ3v) is 11.9. The SMILES string of the molecule is CCN(C)[C@H]1Cc2ccc(O)cc2C(C)(CCN2CCC(N(C3CC3)S(=O)(=O)c3ccccc3)CC2)[C@@H]1C. The first-order valence-electron chi connectivity index (χ1n) is 14.5. The summed E-state index contributed by atoms with van der Waals surface area (Å²) in [7, 11) is -1.24. The number of sulfonamides is 1. The highest BCUT2D eigenvalue weighted by molar-refractivity contribution is 7.89. The van der Waals surface area contributed by atoms with E-state index in [-0.39, 0.29) is 17.5 Å². The van der Waals surface area contributed by atoms with Crippen LogP contribution in [0.15, 0.2) is 53.4 Å². The Morgan fingerprint density at radius 2 is 1.68 bits per heavy atom. The second-order valence-corrected chi connectivity index (χ2v) is 13.9. The smallest absolute Gasteiger partial charge is 0.243 e. The molecule has 38 heavy (non-hydrogen) atoms. The van der Waals surface area contributed by atoms with Gasteiger partial charge in [-0.2, -0.15) is 4.31 Å². The first kappa shape index (κ1) is 27.6. The van der Waals surface area contributed by atoms with Crippen LogP contribution in [0.2, 0.25) is 0 Å². The van der Waals surface area contributed by atoms with Gasteiger partial charge in [0.2, 0.25) is 10.0 Å². The van der Waals surface area contributed by atoms with E-state index < -0.39 is 10.0 Å². The van der Waals surface area contributed by atoms with E-state index in [1.807, 2.05) is 34.6 Å². The molecule has 7 heteroatoms. The highest BCUT2D eigenvalue weighted by atomic mass is 32.2. The fourth-order valence-electron chi connectivity index (χ4n) is 7.00. The van der Waals surface area contributed by atoms with Gasteiger partial charge in [-0.1, -0.05) is 45.0 Å². The standard InChI is InChI=1S/C31H45N3O3S/c1-5-32(4)30-21-24-11-14-27(35)22-29(24)31(3,23(30)2)17-20-33-18-15-26(16-19-33)34(25-12-13-25)38(36,37)28-9-7-6-8-10-28/h6-11,14,22-23,25-26,30,35H,5,12-13,15-21H2,1-4H3/t23-,30+,31?/m1/s1. The average Bonchev–Trinajstić information content (AvgIpc) is 3.76. The number of fused-ring (bicyclic) bond motifs is 1. The summed E-state index contributed by atoms with van der Waals surface area (Å²) in [6.07, 6.45) is 5.76. The summed E-state index contributed by atoms with van der Waals surface area (Å²) in [6, 6.07) is 15.6. The van der Waals surface area contributed by atoms with Crippen LogP contribution >= 0.6 is 0 Å². The minimum atomic E-state index is -3.47. The lowest BCUT2D eigenvalue weighted by Crippen LogP contribution is -2.52. The summed E-state index contributed by atoms with van der Waals surface area (Å²) in [5.41, 5.74) is 2.63. The number of hydrogen-bond donors (Lipinski definition) is 1. The Labute approximate surface area is 229 Å². The van der Waals surface area contributed by atoms with Gasteiger partial charge in [0.15, 0.2) is 0 Å². The zero-order valence-corrected chi connectivity index (χ0v) is 24.3. The monoisotopic (exact) mass is 539 g/mol. The molecule has 2 aromatic carbocycles. The van der Waals surface area contributed by atoms with Crippen molar-refractivity contribution in [3.05, 3.63) is 59.7 Å². The van der Waals surface area contributed by atoms with E-state index in [9.17, 15) is 13.5 Å². The van der Waals surface area contributed by atoms with Crippen molar-refractivity contribution in [2.24, 2.45) is 5.92 Å². The molecule has 1 N–H and O–H groups in total. The Morgan fingerprint density at radius 1 is 1.03 bits per heavy atom. The molecule has 1 heterocycles. The maximum Gasteiger partial charge on any atom is 0.243 e. The van der Waals surface area contributed by atoms with Crippen LogP contribution in [0, 0.1) is 5.92 Å². The molecular formula is C31H45N3O3S. The average molecular weight is 540 g/mol. The van der Waals surface area contributed by atoms with E-state index in [2.05, 4.69) is 43.7 Å². The van der Waals surface area contributed by atoms with Gasteiger partial charge in [0, 0.05) is 18.1 Å². The third kappa shape index (κ3) is 5.27. The van der Waals surface area contributed by atoms with E-state index >= 15 is 0 Å². The van der Waals surface area contributed by atoms with Gasteiger partial charge >= 0.3 is 0 Å². The number of nitrogens with zero attached hydrogens (tertiary/aromatic N) is 3. The number of hydrogen-bond acceptors (Lipinski definition) is 5. The van der Waals surface area contributed by atoms with E-state index in [1.165, 1.54) is 11.1 Å². The largest absolute Gasteiger partial charge is 0.508 e. The summed E-state index contributed by atoms with van der Waals surface area (Å²) in [4.78, 5) is 5.43. The molecule has 2 aromatic rings. The molecule has 208 valence electrons. The van der Waals surface area contributed by atoms with Crippen molar-refractivity contribution in [3.63, 3.8) is 0 Å². The van der Waals surface area contributed by atoms with Crippen molar-refractivity contribution in [3.8, 4) is 5.75 Å². The molecule has 6 nitrogen and oxygen atoms in total. The van der Waals surface area contributed by atoms with Crippen LogP contribution in [0.4, 0.5) is 0 Å². The van der Waals surface area contributed by atoms with Crippen LogP contribution in [0.5, 0.6) is 5.75 Å². The van der Waals surface area contributed by atoms with Crippen molar-refractivity contribution in [2.45, 2.75) is 87.7 Å². The quantitative estimate of drug-likeness (QED) is 0.493. The number of piperidine rings is 1. The number of aromatic hydroxyl groups is 1. The summed E-state index contributed by atoms with van der Waals surface area (Å²) in [5, 5.41) is 10.3. The normalized spacial score (nSPS) is 27.1. The van der Waals surface area contributed by atoms with E-state index in [0.29, 0.717) is 22.6 Å². The molecule has 0 radical (unpaired) electrons. The maximum absolute atomic E-state index is 13.5. The molecule has 3 aliphatic rings. The van der Waals surface area contributed by atoms with Crippen LogP contribution in [0.3, 0.4) is 0 Å². The van der Waals surface area contributed by atoms with Gasteiger partial charge in [-0.3, -0.25) is 0 Å². The zero-order chi connectivity index (χ0) is 27.1. The number of likely N-dealkylation sites (N-methyl/N-ethyl adjacent to an activating group) is 1. The van der Waals surface area contributed by atoms with Crippen molar-refractivity contribution in [1.29, 1.82) is 0 Å². The van der Waals surface area contributed by atoms with Gasteiger partial charge in [0.25, 0.3) is 0 Å². The lowest BCUT2D eigenvalue weighted by Gasteiger charge is -2.49. The van der Waals surface area contributed by atoms with Crippen molar-refractivity contribution >= 4 is 10.0 Å². The van der Waals surface area contributed by atoms with Crippen LogP contribution < -0.4 is 0 Å². The number of likely N-dealkylation sites (tertiary alicyclic amines) is 1. The minimum Gasteiger partial charge on any atom is -0.508 e. The van der Waals surface area contributed by atoms with Crippen LogP contribution in [0.25, 0.3) is 0 Å². The van der Waals surface area contributed by atoms with Gasteiger partial charge in [-0.15, -0.1) is 0 Å². The Kier molecular flexibility index (Phi) is 7.94. The lowest BCUT2D eigenvalue weighted by molar-refractivity contribution is 0.0933. The van der Waals surface area contributed by atoms with E-state index in [1.54, 1.807) is 12.1 Å². The molecule has 5 rings (SSSR count). The van der Waals surface area contributed by atoms with Gasteiger partial charge in [-0.05, 0) is 118 Å². The van der Waals surface area contributed by atoms with Gasteiger partial charge in [0.1, 0.15) is 5.75 Å². The molecular weight excluding hydrogens is 494 g/mol. The molecule has 1 saturated carbocycles. The van der Waals surface area contributed by atoms with E-state index in [4.69, 9.17) is 0 Å². The van der Waals surface area contributed by atoms with Gasteiger partial charge < -0.3 is 14.9 Å². The molecule has 0 spiro atoms. The summed E-state index contributed by atoms with van der Waals surface area (Å²) >= 11 is 0. The number of rotatable bonds is 9. The van der Waals surface area contributed by atoms with Crippen molar-refractivity contribution < 1.29 is 13.5 Å². The zero-order valence-electron chi connectivity index (χ0n) is 23.5. The molecule has 3 atom stereocenters. The molecule has 0 bridgehead atoms. The highest BCUT2D eigenvalue weighted by Crippen LogP contribution is 2.46. The Hall–Kier alpha value is -1.93. The van der Waals surface area contributed by atoms with Gasteiger partial charge in [0.05, 0.1) is 4.90 Å². The third-order valence-electron chi connectivity index (χ3n) is 9.87. The molecule has 0 amide bonds. The Bertz CT molecular complexity index is 1210.